The van der Waals surface area contributed by atoms with E-state index in [1.165, 1.54) is 0 Å². The molecule has 1 aromatic rings. The molecule has 1 saturated heterocycles. The molecule has 0 spiro atoms. The number of nitrogens with zero attached hydrogens (tertiary/aromatic N) is 1. The van der Waals surface area contributed by atoms with Crippen molar-refractivity contribution in [3.8, 4) is 0 Å². The topological polar surface area (TPSA) is 105 Å². The molecular formula is C9H10FIN2O5. The van der Waals surface area contributed by atoms with E-state index in [0.29, 0.717) is 0 Å². The Morgan fingerprint density at radius 2 is 2.22 bits per heavy atom. The molecule has 0 unspecified atom stereocenters. The molecular weight excluding hydrogens is 362 g/mol. The molecule has 4 atom stereocenters. The first-order chi connectivity index (χ1) is 8.39. The van der Waals surface area contributed by atoms with E-state index >= 15 is 0 Å². The summed E-state index contributed by atoms with van der Waals surface area (Å²) in [6.07, 6.45) is -3.68. The number of aromatic nitrogens is 2. The third-order valence-electron chi connectivity index (χ3n) is 2.68. The summed E-state index contributed by atoms with van der Waals surface area (Å²) in [6.45, 7) is 0. The maximum atomic E-state index is 14.0. The van der Waals surface area contributed by atoms with E-state index in [1.807, 2.05) is 4.98 Å². The Labute approximate surface area is 113 Å². The lowest BCUT2D eigenvalue weighted by molar-refractivity contribution is -0.169. The van der Waals surface area contributed by atoms with Crippen molar-refractivity contribution in [1.82, 2.24) is 9.55 Å². The molecule has 3 N–H and O–H groups in total. The fourth-order valence-corrected chi connectivity index (χ4v) is 2.34. The third kappa shape index (κ3) is 2.11. The molecule has 9 heteroatoms. The minimum Gasteiger partial charge on any atom is -0.385 e. The second-order valence-corrected chi connectivity index (χ2v) is 4.64. The highest BCUT2D eigenvalue weighted by Crippen LogP contribution is 2.38. The first-order valence-corrected chi connectivity index (χ1v) is 6.52. The summed E-state index contributed by atoms with van der Waals surface area (Å²) in [5.41, 5.74) is -1.47. The Morgan fingerprint density at radius 3 is 2.72 bits per heavy atom. The number of hydrogen-bond donors (Lipinski definition) is 3. The summed E-state index contributed by atoms with van der Waals surface area (Å²) >= 11 is 1.66. The van der Waals surface area contributed by atoms with Crippen LogP contribution >= 0.6 is 22.6 Å². The van der Waals surface area contributed by atoms with Crippen LogP contribution in [0.4, 0.5) is 4.39 Å². The van der Waals surface area contributed by atoms with Crippen molar-refractivity contribution >= 4 is 22.6 Å². The Morgan fingerprint density at radius 1 is 1.56 bits per heavy atom. The SMILES string of the molecule is O=c1ccn([C@@H]2O[C@](F)(CI)[C@@H](O)[C@H]2O)c(=O)[nH]1. The van der Waals surface area contributed by atoms with E-state index < -0.39 is 35.5 Å². The quantitative estimate of drug-likeness (QED) is 0.451. The summed E-state index contributed by atoms with van der Waals surface area (Å²) in [5, 5.41) is 19.3. The number of aromatic amines is 1. The number of H-pyrrole nitrogens is 1. The van der Waals surface area contributed by atoms with Crippen LogP contribution in [0, 0.1) is 0 Å². The number of aliphatic hydroxyl groups is 2. The second kappa shape index (κ2) is 4.72. The normalized spacial score (nSPS) is 35.9. The summed E-state index contributed by atoms with van der Waals surface area (Å²) in [7, 11) is 0. The zero-order valence-electron chi connectivity index (χ0n) is 8.92. The fraction of sp³-hybridized carbons (Fsp3) is 0.556. The predicted octanol–water partition coefficient (Wildman–Crippen LogP) is -1.11. The van der Waals surface area contributed by atoms with Gasteiger partial charge in [-0.3, -0.25) is 14.3 Å². The molecule has 7 nitrogen and oxygen atoms in total. The molecule has 1 aliphatic heterocycles. The van der Waals surface area contributed by atoms with Crippen LogP contribution in [0.1, 0.15) is 6.23 Å². The number of hydrogen-bond acceptors (Lipinski definition) is 5. The standard InChI is InChI=1S/C9H10FIN2O5/c10-9(3-11)6(16)5(15)7(18-9)13-2-1-4(14)12-8(13)17/h1-2,5-7,15-16H,3H2,(H,12,14,17)/t5-,6+,7-,9-/m1/s1. The van der Waals surface area contributed by atoms with E-state index in [0.717, 1.165) is 16.8 Å². The minimum atomic E-state index is -2.43. The van der Waals surface area contributed by atoms with E-state index in [9.17, 15) is 24.2 Å². The summed E-state index contributed by atoms with van der Waals surface area (Å²) in [6, 6.07) is 1.03. The van der Waals surface area contributed by atoms with Crippen LogP contribution in [0.15, 0.2) is 21.9 Å². The molecule has 2 rings (SSSR count). The molecule has 1 aliphatic rings. The highest BCUT2D eigenvalue weighted by Gasteiger charge is 2.55. The molecule has 0 amide bonds. The highest BCUT2D eigenvalue weighted by molar-refractivity contribution is 14.1. The van der Waals surface area contributed by atoms with Crippen molar-refractivity contribution in [2.24, 2.45) is 0 Å². The molecule has 0 bridgehead atoms. The smallest absolute Gasteiger partial charge is 0.330 e. The van der Waals surface area contributed by atoms with Crippen LogP contribution in [0.2, 0.25) is 0 Å². The Bertz CT molecular complexity index is 560. The lowest BCUT2D eigenvalue weighted by Gasteiger charge is -2.19. The van der Waals surface area contributed by atoms with Gasteiger partial charge in [0.15, 0.2) is 6.23 Å². The van der Waals surface area contributed by atoms with Crippen LogP contribution in [0.3, 0.4) is 0 Å². The first-order valence-electron chi connectivity index (χ1n) is 4.99. The van der Waals surface area contributed by atoms with Crippen molar-refractivity contribution < 1.29 is 19.3 Å². The van der Waals surface area contributed by atoms with Gasteiger partial charge >= 0.3 is 5.69 Å². The Hall–Kier alpha value is -0.780. The van der Waals surface area contributed by atoms with Gasteiger partial charge in [-0.05, 0) is 0 Å². The van der Waals surface area contributed by atoms with E-state index in [1.54, 1.807) is 22.6 Å². The van der Waals surface area contributed by atoms with Gasteiger partial charge in [-0.25, -0.2) is 9.18 Å². The number of nitrogens with one attached hydrogen (secondary N) is 1. The number of rotatable bonds is 2. The molecule has 2 heterocycles. The van der Waals surface area contributed by atoms with Gasteiger partial charge in [-0.15, -0.1) is 0 Å². The molecule has 1 fully saturated rings. The van der Waals surface area contributed by atoms with Crippen molar-refractivity contribution in [1.29, 1.82) is 0 Å². The molecule has 0 aliphatic carbocycles. The van der Waals surface area contributed by atoms with Crippen molar-refractivity contribution in [3.05, 3.63) is 33.1 Å². The lowest BCUT2D eigenvalue weighted by Crippen LogP contribution is -2.40. The summed E-state index contributed by atoms with van der Waals surface area (Å²) in [5.74, 6) is -2.43. The largest absolute Gasteiger partial charge is 0.385 e. The number of halogens is 2. The van der Waals surface area contributed by atoms with Crippen LogP contribution in [-0.4, -0.2) is 42.3 Å². The second-order valence-electron chi connectivity index (χ2n) is 3.88. The zero-order valence-corrected chi connectivity index (χ0v) is 11.1. The van der Waals surface area contributed by atoms with Gasteiger partial charge < -0.3 is 14.9 Å². The van der Waals surface area contributed by atoms with Gasteiger partial charge in [0.25, 0.3) is 5.56 Å². The van der Waals surface area contributed by atoms with Crippen molar-refractivity contribution in [3.63, 3.8) is 0 Å². The third-order valence-corrected chi connectivity index (χ3v) is 3.72. The molecule has 1 aromatic heterocycles. The van der Waals surface area contributed by atoms with Crippen LogP contribution in [-0.2, 0) is 4.74 Å². The van der Waals surface area contributed by atoms with Crippen molar-refractivity contribution in [2.75, 3.05) is 4.43 Å². The lowest BCUT2D eigenvalue weighted by atomic mass is 10.1. The summed E-state index contributed by atoms with van der Waals surface area (Å²) in [4.78, 5) is 24.3. The predicted molar refractivity (Wildman–Crippen MR) is 66.2 cm³/mol. The van der Waals surface area contributed by atoms with Gasteiger partial charge in [-0.2, -0.15) is 0 Å². The molecule has 0 saturated carbocycles. The average Bonchev–Trinajstić information content (AvgIpc) is 2.55. The maximum absolute atomic E-state index is 14.0. The monoisotopic (exact) mass is 372 g/mol. The Kier molecular flexibility index (Phi) is 3.58. The molecule has 0 aromatic carbocycles. The van der Waals surface area contributed by atoms with Crippen molar-refractivity contribution in [2.45, 2.75) is 24.3 Å². The summed E-state index contributed by atoms with van der Waals surface area (Å²) < 4.78 is 19.5. The van der Waals surface area contributed by atoms with Gasteiger partial charge in [-0.1, -0.05) is 22.6 Å². The van der Waals surface area contributed by atoms with E-state index in [-0.39, 0.29) is 4.43 Å². The van der Waals surface area contributed by atoms with E-state index in [4.69, 9.17) is 4.74 Å². The van der Waals surface area contributed by atoms with Crippen LogP contribution in [0.25, 0.3) is 0 Å². The minimum absolute atomic E-state index is 0.211. The maximum Gasteiger partial charge on any atom is 0.330 e. The first kappa shape index (κ1) is 13.6. The fourth-order valence-electron chi connectivity index (χ4n) is 1.71. The molecule has 100 valence electrons. The number of alkyl halides is 2. The van der Waals surface area contributed by atoms with Crippen LogP contribution in [0.5, 0.6) is 0 Å². The average molecular weight is 372 g/mol. The number of aliphatic hydroxyl groups excluding tert-OH is 2. The number of ether oxygens (including phenoxy) is 1. The van der Waals surface area contributed by atoms with Crippen LogP contribution < -0.4 is 11.2 Å². The van der Waals surface area contributed by atoms with Gasteiger partial charge in [0.1, 0.15) is 12.2 Å². The van der Waals surface area contributed by atoms with Gasteiger partial charge in [0, 0.05) is 12.3 Å². The zero-order chi connectivity index (χ0) is 13.5. The molecule has 18 heavy (non-hydrogen) atoms. The van der Waals surface area contributed by atoms with E-state index in [2.05, 4.69) is 0 Å². The van der Waals surface area contributed by atoms with Gasteiger partial charge in [0.05, 0.1) is 4.43 Å². The molecule has 0 radical (unpaired) electrons. The van der Waals surface area contributed by atoms with Gasteiger partial charge in [0.2, 0.25) is 5.85 Å². The Balaban J connectivity index is 2.41. The highest BCUT2D eigenvalue weighted by atomic mass is 127.